The first-order chi connectivity index (χ1) is 4.63. The highest BCUT2D eigenvalue weighted by Gasteiger charge is 2.29. The number of imide groups is 1. The Morgan fingerprint density at radius 3 is 2.70 bits per heavy atom. The Kier molecular flexibility index (Phi) is 2.02. The normalized spacial score (nSPS) is 27.4. The summed E-state index contributed by atoms with van der Waals surface area (Å²) in [6.07, 6.45) is -0.492. The summed E-state index contributed by atoms with van der Waals surface area (Å²) >= 11 is 0. The molecule has 2 amide bonds. The van der Waals surface area contributed by atoms with Gasteiger partial charge in [0.1, 0.15) is 6.10 Å². The van der Waals surface area contributed by atoms with Gasteiger partial charge in [0.2, 0.25) is 5.91 Å². The van der Waals surface area contributed by atoms with Gasteiger partial charge in [-0.25, -0.2) is 0 Å². The quantitative estimate of drug-likeness (QED) is 0.377. The SMILES string of the molecule is O=C1CC[C@H](O)C(=O)N1P. The van der Waals surface area contributed by atoms with Crippen molar-refractivity contribution in [3.63, 3.8) is 0 Å². The van der Waals surface area contributed by atoms with E-state index in [0.717, 1.165) is 4.67 Å². The van der Waals surface area contributed by atoms with Crippen LogP contribution in [0, 0.1) is 0 Å². The fraction of sp³-hybridized carbons (Fsp3) is 0.600. The van der Waals surface area contributed by atoms with E-state index in [2.05, 4.69) is 0 Å². The zero-order valence-electron chi connectivity index (χ0n) is 5.28. The van der Waals surface area contributed by atoms with Crippen LogP contribution in [0.1, 0.15) is 12.8 Å². The maximum atomic E-state index is 10.8. The van der Waals surface area contributed by atoms with Crippen molar-refractivity contribution in [2.45, 2.75) is 18.9 Å². The molecule has 0 aromatic carbocycles. The van der Waals surface area contributed by atoms with Crippen LogP contribution in [0.2, 0.25) is 0 Å². The third-order valence-corrected chi connectivity index (χ3v) is 1.97. The van der Waals surface area contributed by atoms with Crippen molar-refractivity contribution in [2.24, 2.45) is 0 Å². The predicted octanol–water partition coefficient (Wildman–Crippen LogP) is -0.714. The van der Waals surface area contributed by atoms with Crippen molar-refractivity contribution >= 4 is 21.2 Å². The van der Waals surface area contributed by atoms with Gasteiger partial charge in [-0.15, -0.1) is 0 Å². The van der Waals surface area contributed by atoms with Crippen molar-refractivity contribution in [3.8, 4) is 0 Å². The van der Waals surface area contributed by atoms with Gasteiger partial charge in [0.25, 0.3) is 5.91 Å². The van der Waals surface area contributed by atoms with Gasteiger partial charge in [0.05, 0.1) is 0 Å². The highest BCUT2D eigenvalue weighted by atomic mass is 31.0. The van der Waals surface area contributed by atoms with E-state index in [9.17, 15) is 9.59 Å². The molecule has 10 heavy (non-hydrogen) atoms. The molecule has 1 rings (SSSR count). The molecule has 5 heteroatoms. The number of piperidine rings is 1. The van der Waals surface area contributed by atoms with Crippen LogP contribution in [-0.2, 0) is 9.59 Å². The number of aliphatic hydroxyl groups excluding tert-OH is 1. The largest absolute Gasteiger partial charge is 0.383 e. The molecule has 0 saturated carbocycles. The summed E-state index contributed by atoms with van der Waals surface area (Å²) in [5, 5.41) is 8.91. The molecule has 0 aromatic heterocycles. The van der Waals surface area contributed by atoms with Crippen LogP contribution in [0.3, 0.4) is 0 Å². The number of hydrogen-bond donors (Lipinski definition) is 1. The molecular formula is C5H8NO3P. The van der Waals surface area contributed by atoms with Crippen LogP contribution >= 0.6 is 9.39 Å². The first-order valence-corrected chi connectivity index (χ1v) is 3.44. The number of carbonyl (C=O) groups is 2. The second kappa shape index (κ2) is 2.64. The van der Waals surface area contributed by atoms with Crippen LogP contribution < -0.4 is 0 Å². The Bertz CT molecular complexity index is 182. The molecule has 4 nitrogen and oxygen atoms in total. The Balaban J connectivity index is 2.70. The smallest absolute Gasteiger partial charge is 0.260 e. The number of aliphatic hydroxyl groups is 1. The van der Waals surface area contributed by atoms with Crippen LogP contribution in [0.25, 0.3) is 0 Å². The molecule has 0 aromatic rings. The Labute approximate surface area is 60.5 Å². The fourth-order valence-electron chi connectivity index (χ4n) is 0.788. The van der Waals surface area contributed by atoms with E-state index in [1.54, 1.807) is 0 Å². The molecular weight excluding hydrogens is 153 g/mol. The molecule has 1 heterocycles. The van der Waals surface area contributed by atoms with Crippen LogP contribution in [0.4, 0.5) is 0 Å². The van der Waals surface area contributed by atoms with E-state index in [0.29, 0.717) is 0 Å². The topological polar surface area (TPSA) is 57.6 Å². The molecule has 0 bridgehead atoms. The monoisotopic (exact) mass is 161 g/mol. The summed E-state index contributed by atoms with van der Waals surface area (Å²) in [7, 11) is 1.98. The van der Waals surface area contributed by atoms with Crippen molar-refractivity contribution in [1.29, 1.82) is 0 Å². The average molecular weight is 161 g/mol. The average Bonchev–Trinajstić information content (AvgIpc) is 1.93. The first kappa shape index (κ1) is 7.63. The summed E-state index contributed by atoms with van der Waals surface area (Å²) in [5.41, 5.74) is 0. The molecule has 0 radical (unpaired) electrons. The van der Waals surface area contributed by atoms with E-state index < -0.39 is 12.0 Å². The third-order valence-electron chi connectivity index (χ3n) is 1.42. The summed E-state index contributed by atoms with van der Waals surface area (Å²) in [6, 6.07) is 0. The lowest BCUT2D eigenvalue weighted by Crippen LogP contribution is -2.41. The van der Waals surface area contributed by atoms with Gasteiger partial charge >= 0.3 is 0 Å². The molecule has 1 aliphatic rings. The minimum absolute atomic E-state index is 0.246. The van der Waals surface area contributed by atoms with Crippen LogP contribution in [0.5, 0.6) is 0 Å². The molecule has 2 atom stereocenters. The van der Waals surface area contributed by atoms with Crippen molar-refractivity contribution in [3.05, 3.63) is 0 Å². The summed E-state index contributed by atoms with van der Waals surface area (Å²) in [6.45, 7) is 0. The number of nitrogens with zero attached hydrogens (tertiary/aromatic N) is 1. The van der Waals surface area contributed by atoms with Crippen molar-refractivity contribution in [1.82, 2.24) is 4.67 Å². The Morgan fingerprint density at radius 1 is 1.60 bits per heavy atom. The van der Waals surface area contributed by atoms with Crippen LogP contribution in [0.15, 0.2) is 0 Å². The first-order valence-electron chi connectivity index (χ1n) is 2.92. The van der Waals surface area contributed by atoms with E-state index in [4.69, 9.17) is 5.11 Å². The zero-order chi connectivity index (χ0) is 7.72. The molecule has 1 fully saturated rings. The standard InChI is InChI=1S/C5H8NO3P/c7-3-1-2-4(8)6(10)5(3)9/h3,7H,1-2,10H2/t3-/m0/s1. The lowest BCUT2D eigenvalue weighted by Gasteiger charge is -2.23. The van der Waals surface area contributed by atoms with Crippen molar-refractivity contribution in [2.75, 3.05) is 0 Å². The minimum Gasteiger partial charge on any atom is -0.383 e. The van der Waals surface area contributed by atoms with Crippen molar-refractivity contribution < 1.29 is 14.7 Å². The van der Waals surface area contributed by atoms with E-state index in [1.165, 1.54) is 0 Å². The van der Waals surface area contributed by atoms with Crippen LogP contribution in [-0.4, -0.2) is 27.7 Å². The van der Waals surface area contributed by atoms with Gasteiger partial charge in [-0.2, -0.15) is 0 Å². The summed E-state index contributed by atoms with van der Waals surface area (Å²) in [4.78, 5) is 21.5. The molecule has 1 N–H and O–H groups in total. The lowest BCUT2D eigenvalue weighted by atomic mass is 10.1. The van der Waals surface area contributed by atoms with Gasteiger partial charge in [0, 0.05) is 6.42 Å². The van der Waals surface area contributed by atoms with E-state index in [-0.39, 0.29) is 18.7 Å². The van der Waals surface area contributed by atoms with Gasteiger partial charge < -0.3 is 5.11 Å². The Morgan fingerprint density at radius 2 is 2.20 bits per heavy atom. The highest BCUT2D eigenvalue weighted by Crippen LogP contribution is 2.15. The maximum Gasteiger partial charge on any atom is 0.260 e. The van der Waals surface area contributed by atoms with Gasteiger partial charge in [0.15, 0.2) is 0 Å². The molecule has 0 spiro atoms. The number of amides is 2. The summed E-state index contributed by atoms with van der Waals surface area (Å²) in [5.74, 6) is -0.776. The van der Waals surface area contributed by atoms with Gasteiger partial charge in [-0.1, -0.05) is 0 Å². The van der Waals surface area contributed by atoms with E-state index in [1.807, 2.05) is 9.39 Å². The number of carbonyl (C=O) groups excluding carboxylic acids is 2. The second-order valence-corrected chi connectivity index (χ2v) is 2.67. The Hall–Kier alpha value is -0.470. The molecule has 1 saturated heterocycles. The zero-order valence-corrected chi connectivity index (χ0v) is 6.43. The lowest BCUT2D eigenvalue weighted by molar-refractivity contribution is -0.148. The molecule has 1 unspecified atom stereocenters. The molecule has 0 aliphatic carbocycles. The minimum atomic E-state index is -0.991. The van der Waals surface area contributed by atoms with Gasteiger partial charge in [-0.3, -0.25) is 14.3 Å². The molecule has 56 valence electrons. The maximum absolute atomic E-state index is 10.8. The van der Waals surface area contributed by atoms with Gasteiger partial charge in [-0.05, 0) is 15.8 Å². The molecule has 1 aliphatic heterocycles. The summed E-state index contributed by atoms with van der Waals surface area (Å²) < 4.78 is 0.883. The third kappa shape index (κ3) is 1.18. The number of hydrogen-bond acceptors (Lipinski definition) is 3. The number of rotatable bonds is 0. The fourth-order valence-corrected chi connectivity index (χ4v) is 1.09. The predicted molar refractivity (Wildman–Crippen MR) is 36.8 cm³/mol. The van der Waals surface area contributed by atoms with E-state index >= 15 is 0 Å². The second-order valence-electron chi connectivity index (χ2n) is 2.16. The highest BCUT2D eigenvalue weighted by molar-refractivity contribution is 7.16.